The highest BCUT2D eigenvalue weighted by Gasteiger charge is 2.23. The molecule has 7 heteroatoms. The zero-order valence-electron chi connectivity index (χ0n) is 12.5. The molecule has 0 unspecified atom stereocenters. The third-order valence-electron chi connectivity index (χ3n) is 3.41. The molecule has 1 aromatic carbocycles. The van der Waals surface area contributed by atoms with E-state index in [2.05, 4.69) is 10.3 Å². The zero-order chi connectivity index (χ0) is 16.2. The molecule has 1 aliphatic heterocycles. The van der Waals surface area contributed by atoms with Crippen molar-refractivity contribution in [2.75, 3.05) is 30.5 Å². The second-order valence-corrected chi connectivity index (χ2v) is 4.86. The van der Waals surface area contributed by atoms with Crippen LogP contribution in [0.1, 0.15) is 10.4 Å². The summed E-state index contributed by atoms with van der Waals surface area (Å²) in [6.07, 6.45) is 1.15. The Bertz CT molecular complexity index is 713. The summed E-state index contributed by atoms with van der Waals surface area (Å²) < 4.78 is 9.85. The summed E-state index contributed by atoms with van der Waals surface area (Å²) in [5, 5.41) is 2.75. The van der Waals surface area contributed by atoms with Gasteiger partial charge in [0.25, 0.3) is 5.91 Å². The number of anilines is 2. The number of pyridine rings is 1. The lowest BCUT2D eigenvalue weighted by atomic mass is 10.2. The van der Waals surface area contributed by atoms with Gasteiger partial charge in [0.1, 0.15) is 6.61 Å². The van der Waals surface area contributed by atoms with E-state index in [9.17, 15) is 9.59 Å². The molecule has 0 radical (unpaired) electrons. The average Bonchev–Trinajstić information content (AvgIpc) is 3.02. The number of nitrogens with one attached hydrogen (secondary N) is 1. The number of ether oxygens (including phenoxy) is 2. The van der Waals surface area contributed by atoms with Crippen LogP contribution in [0.15, 0.2) is 42.6 Å². The lowest BCUT2D eigenvalue weighted by molar-refractivity contribution is 0.102. The Hall–Kier alpha value is -3.09. The highest BCUT2D eigenvalue weighted by molar-refractivity contribution is 6.04. The maximum Gasteiger partial charge on any atom is 0.414 e. The van der Waals surface area contributed by atoms with Gasteiger partial charge in [0.2, 0.25) is 5.88 Å². The number of hydrogen-bond acceptors (Lipinski definition) is 5. The van der Waals surface area contributed by atoms with Crippen LogP contribution in [0.4, 0.5) is 16.2 Å². The fraction of sp³-hybridized carbons (Fsp3) is 0.188. The van der Waals surface area contributed by atoms with E-state index in [-0.39, 0.29) is 12.0 Å². The highest BCUT2D eigenvalue weighted by atomic mass is 16.6. The molecule has 1 aliphatic rings. The summed E-state index contributed by atoms with van der Waals surface area (Å²) in [7, 11) is 1.53. The van der Waals surface area contributed by atoms with Gasteiger partial charge < -0.3 is 14.8 Å². The van der Waals surface area contributed by atoms with Crippen molar-refractivity contribution in [2.24, 2.45) is 0 Å². The molecular weight excluding hydrogens is 298 g/mol. The lowest BCUT2D eigenvalue weighted by Gasteiger charge is -2.13. The summed E-state index contributed by atoms with van der Waals surface area (Å²) in [6, 6.07) is 10.1. The van der Waals surface area contributed by atoms with E-state index in [1.54, 1.807) is 36.4 Å². The number of methoxy groups -OCH3 is 1. The summed E-state index contributed by atoms with van der Waals surface area (Å²) in [5.74, 6) is 0.220. The van der Waals surface area contributed by atoms with Gasteiger partial charge in [-0.25, -0.2) is 9.78 Å². The fourth-order valence-corrected chi connectivity index (χ4v) is 2.20. The lowest BCUT2D eigenvalue weighted by Crippen LogP contribution is -2.23. The molecule has 0 bridgehead atoms. The minimum absolute atomic E-state index is 0.257. The van der Waals surface area contributed by atoms with Gasteiger partial charge in [0.15, 0.2) is 0 Å². The Morgan fingerprint density at radius 3 is 2.61 bits per heavy atom. The average molecular weight is 313 g/mol. The number of aromatic nitrogens is 1. The summed E-state index contributed by atoms with van der Waals surface area (Å²) in [6.45, 7) is 0.896. The number of hydrogen-bond donors (Lipinski definition) is 1. The first-order chi connectivity index (χ1) is 11.2. The Kier molecular flexibility index (Phi) is 4.09. The first-order valence-electron chi connectivity index (χ1n) is 7.03. The number of rotatable bonds is 4. The van der Waals surface area contributed by atoms with Gasteiger partial charge in [0.05, 0.1) is 25.5 Å². The van der Waals surface area contributed by atoms with E-state index in [1.807, 2.05) is 0 Å². The minimum atomic E-state index is -0.369. The second kappa shape index (κ2) is 6.35. The van der Waals surface area contributed by atoms with Gasteiger partial charge >= 0.3 is 6.09 Å². The Morgan fingerprint density at radius 1 is 1.26 bits per heavy atom. The van der Waals surface area contributed by atoms with Gasteiger partial charge in [-0.2, -0.15) is 0 Å². The molecule has 0 atom stereocenters. The van der Waals surface area contributed by atoms with E-state index < -0.39 is 0 Å². The van der Waals surface area contributed by atoms with Gasteiger partial charge in [-0.3, -0.25) is 9.69 Å². The SMILES string of the molecule is COc1ccc(NC(=O)c2ccc(N3CCOC3=O)cc2)cn1. The number of benzene rings is 1. The molecule has 1 fully saturated rings. The van der Waals surface area contributed by atoms with Crippen LogP contribution < -0.4 is 15.0 Å². The van der Waals surface area contributed by atoms with Crippen LogP contribution in [-0.4, -0.2) is 37.2 Å². The molecule has 7 nitrogen and oxygen atoms in total. The zero-order valence-corrected chi connectivity index (χ0v) is 12.5. The molecule has 1 N–H and O–H groups in total. The van der Waals surface area contributed by atoms with E-state index in [0.29, 0.717) is 36.0 Å². The highest BCUT2D eigenvalue weighted by Crippen LogP contribution is 2.20. The quantitative estimate of drug-likeness (QED) is 0.936. The number of nitrogens with zero attached hydrogens (tertiary/aromatic N) is 2. The first kappa shape index (κ1) is 14.8. The van der Waals surface area contributed by atoms with Crippen molar-refractivity contribution in [3.63, 3.8) is 0 Å². The van der Waals surface area contributed by atoms with Crippen molar-refractivity contribution in [2.45, 2.75) is 0 Å². The predicted molar refractivity (Wildman–Crippen MR) is 83.9 cm³/mol. The normalized spacial score (nSPS) is 13.6. The van der Waals surface area contributed by atoms with Crippen molar-refractivity contribution in [1.29, 1.82) is 0 Å². The number of cyclic esters (lactones) is 1. The second-order valence-electron chi connectivity index (χ2n) is 4.86. The molecule has 1 aromatic heterocycles. The largest absolute Gasteiger partial charge is 0.481 e. The number of amides is 2. The summed E-state index contributed by atoms with van der Waals surface area (Å²) in [5.41, 5.74) is 1.76. The van der Waals surface area contributed by atoms with E-state index in [1.165, 1.54) is 18.2 Å². The van der Waals surface area contributed by atoms with Crippen LogP contribution in [0.5, 0.6) is 5.88 Å². The van der Waals surface area contributed by atoms with Gasteiger partial charge in [0, 0.05) is 17.3 Å². The Morgan fingerprint density at radius 2 is 2.04 bits per heavy atom. The predicted octanol–water partition coefficient (Wildman–Crippen LogP) is 2.30. The van der Waals surface area contributed by atoms with Crippen LogP contribution >= 0.6 is 0 Å². The van der Waals surface area contributed by atoms with Gasteiger partial charge in [-0.1, -0.05) is 0 Å². The smallest absolute Gasteiger partial charge is 0.414 e. The fourth-order valence-electron chi connectivity index (χ4n) is 2.20. The van der Waals surface area contributed by atoms with E-state index >= 15 is 0 Å². The molecule has 0 aliphatic carbocycles. The molecule has 2 amide bonds. The van der Waals surface area contributed by atoms with Crippen molar-refractivity contribution >= 4 is 23.4 Å². The van der Waals surface area contributed by atoms with Gasteiger partial charge in [-0.15, -0.1) is 0 Å². The molecule has 1 saturated heterocycles. The molecular formula is C16H15N3O4. The topological polar surface area (TPSA) is 80.8 Å². The van der Waals surface area contributed by atoms with E-state index in [4.69, 9.17) is 9.47 Å². The maximum atomic E-state index is 12.2. The summed E-state index contributed by atoms with van der Waals surface area (Å²) in [4.78, 5) is 29.2. The molecule has 0 spiro atoms. The van der Waals surface area contributed by atoms with Crippen molar-refractivity contribution in [3.8, 4) is 5.88 Å². The van der Waals surface area contributed by atoms with Crippen molar-refractivity contribution in [1.82, 2.24) is 4.98 Å². The summed E-state index contributed by atoms with van der Waals surface area (Å²) >= 11 is 0. The Balaban J connectivity index is 1.68. The van der Waals surface area contributed by atoms with Gasteiger partial charge in [-0.05, 0) is 30.3 Å². The van der Waals surface area contributed by atoms with E-state index in [0.717, 1.165) is 0 Å². The maximum absolute atomic E-state index is 12.2. The molecule has 118 valence electrons. The van der Waals surface area contributed by atoms with Crippen LogP contribution in [0.3, 0.4) is 0 Å². The molecule has 3 rings (SSSR count). The third kappa shape index (κ3) is 3.23. The number of carbonyl (C=O) groups is 2. The van der Waals surface area contributed by atoms with Crippen LogP contribution in [0.25, 0.3) is 0 Å². The minimum Gasteiger partial charge on any atom is -0.481 e. The standard InChI is InChI=1S/C16H15N3O4/c1-22-14-7-4-12(10-17-14)18-15(20)11-2-5-13(6-3-11)19-8-9-23-16(19)21/h2-7,10H,8-9H2,1H3,(H,18,20). The molecule has 2 heterocycles. The first-order valence-corrected chi connectivity index (χ1v) is 7.03. The number of carbonyl (C=O) groups excluding carboxylic acids is 2. The van der Waals surface area contributed by atoms with Crippen LogP contribution in [0, 0.1) is 0 Å². The van der Waals surface area contributed by atoms with Crippen LogP contribution in [-0.2, 0) is 4.74 Å². The van der Waals surface area contributed by atoms with Crippen molar-refractivity contribution < 1.29 is 19.1 Å². The molecule has 23 heavy (non-hydrogen) atoms. The monoisotopic (exact) mass is 313 g/mol. The van der Waals surface area contributed by atoms with Crippen LogP contribution in [0.2, 0.25) is 0 Å². The Labute approximate surface area is 132 Å². The van der Waals surface area contributed by atoms with Crippen molar-refractivity contribution in [3.05, 3.63) is 48.2 Å². The third-order valence-corrected chi connectivity index (χ3v) is 3.41. The molecule has 0 saturated carbocycles. The molecule has 2 aromatic rings.